The van der Waals surface area contributed by atoms with Crippen LogP contribution in [0.5, 0.6) is 0 Å². The fourth-order valence-corrected chi connectivity index (χ4v) is 3.21. The van der Waals surface area contributed by atoms with Gasteiger partial charge in [0.25, 0.3) is 10.0 Å². The third-order valence-corrected chi connectivity index (χ3v) is 4.91. The summed E-state index contributed by atoms with van der Waals surface area (Å²) in [7, 11) is -3.56. The first-order valence-corrected chi connectivity index (χ1v) is 8.72. The van der Waals surface area contributed by atoms with E-state index < -0.39 is 10.0 Å². The number of hydrogen-bond donors (Lipinski definition) is 2. The lowest BCUT2D eigenvalue weighted by atomic mass is 10.2. The zero-order valence-corrected chi connectivity index (χ0v) is 12.7. The van der Waals surface area contributed by atoms with Crippen LogP contribution in [0.15, 0.2) is 58.3 Å². The van der Waals surface area contributed by atoms with E-state index >= 15 is 0 Å². The molecule has 106 valence electrons. The standard InChI is InChI=1S/C14H16N2O2S2/c1-19-13-4-2-3-12(9-13)16-20(17,18)14-7-5-11(10-15)6-8-14/h2-9,16H,10,15H2,1H3. The van der Waals surface area contributed by atoms with E-state index in [1.54, 1.807) is 48.2 Å². The average Bonchev–Trinajstić information content (AvgIpc) is 2.47. The maximum atomic E-state index is 12.3. The minimum Gasteiger partial charge on any atom is -0.326 e. The number of nitrogens with two attached hydrogens (primary N) is 1. The molecule has 0 saturated heterocycles. The highest BCUT2D eigenvalue weighted by atomic mass is 32.2. The van der Waals surface area contributed by atoms with Gasteiger partial charge < -0.3 is 5.73 Å². The summed E-state index contributed by atoms with van der Waals surface area (Å²) in [6.45, 7) is 0.392. The predicted octanol–water partition coefficient (Wildman–Crippen LogP) is 2.67. The summed E-state index contributed by atoms with van der Waals surface area (Å²) in [5.74, 6) is 0. The van der Waals surface area contributed by atoms with Gasteiger partial charge in [0.05, 0.1) is 4.90 Å². The lowest BCUT2D eigenvalue weighted by molar-refractivity contribution is 0.601. The molecule has 0 heterocycles. The van der Waals surface area contributed by atoms with Crippen LogP contribution in [0, 0.1) is 0 Å². The molecule has 0 unspecified atom stereocenters. The fraction of sp³-hybridized carbons (Fsp3) is 0.143. The zero-order valence-electron chi connectivity index (χ0n) is 11.0. The molecule has 2 aromatic rings. The summed E-state index contributed by atoms with van der Waals surface area (Å²) in [5.41, 5.74) is 6.95. The van der Waals surface area contributed by atoms with Crippen LogP contribution >= 0.6 is 11.8 Å². The van der Waals surface area contributed by atoms with Gasteiger partial charge in [0.1, 0.15) is 0 Å². The molecule has 3 N–H and O–H groups in total. The van der Waals surface area contributed by atoms with Gasteiger partial charge in [-0.25, -0.2) is 8.42 Å². The van der Waals surface area contributed by atoms with E-state index in [2.05, 4.69) is 4.72 Å². The number of benzene rings is 2. The lowest BCUT2D eigenvalue weighted by Gasteiger charge is -2.09. The van der Waals surface area contributed by atoms with Gasteiger partial charge in [-0.3, -0.25) is 4.72 Å². The Hall–Kier alpha value is -1.50. The molecule has 0 saturated carbocycles. The molecule has 0 aromatic heterocycles. The van der Waals surface area contributed by atoms with E-state index in [0.29, 0.717) is 12.2 Å². The SMILES string of the molecule is CSc1cccc(NS(=O)(=O)c2ccc(CN)cc2)c1. The fourth-order valence-electron chi connectivity index (χ4n) is 1.71. The first kappa shape index (κ1) is 14.9. The summed E-state index contributed by atoms with van der Waals surface area (Å²) in [6.07, 6.45) is 1.94. The number of rotatable bonds is 5. The van der Waals surface area contributed by atoms with Gasteiger partial charge in [0, 0.05) is 17.1 Å². The highest BCUT2D eigenvalue weighted by Gasteiger charge is 2.13. The van der Waals surface area contributed by atoms with Crippen molar-refractivity contribution >= 4 is 27.5 Å². The molecule has 0 bridgehead atoms. The first-order chi connectivity index (χ1) is 9.55. The van der Waals surface area contributed by atoms with E-state index in [0.717, 1.165) is 10.5 Å². The molecule has 2 rings (SSSR count). The van der Waals surface area contributed by atoms with Crippen LogP contribution in [-0.2, 0) is 16.6 Å². The largest absolute Gasteiger partial charge is 0.326 e. The number of sulfonamides is 1. The normalized spacial score (nSPS) is 11.3. The Balaban J connectivity index is 2.25. The number of thioether (sulfide) groups is 1. The average molecular weight is 308 g/mol. The molecule has 4 nitrogen and oxygen atoms in total. The van der Waals surface area contributed by atoms with E-state index in [9.17, 15) is 8.42 Å². The van der Waals surface area contributed by atoms with Crippen molar-refractivity contribution in [2.24, 2.45) is 5.73 Å². The van der Waals surface area contributed by atoms with Crippen molar-refractivity contribution in [3.8, 4) is 0 Å². The van der Waals surface area contributed by atoms with Crippen LogP contribution in [-0.4, -0.2) is 14.7 Å². The summed E-state index contributed by atoms with van der Waals surface area (Å²) >= 11 is 1.56. The monoisotopic (exact) mass is 308 g/mol. The van der Waals surface area contributed by atoms with Gasteiger partial charge in [-0.15, -0.1) is 11.8 Å². The van der Waals surface area contributed by atoms with Crippen molar-refractivity contribution in [3.05, 3.63) is 54.1 Å². The lowest BCUT2D eigenvalue weighted by Crippen LogP contribution is -2.13. The van der Waals surface area contributed by atoms with Crippen molar-refractivity contribution < 1.29 is 8.42 Å². The van der Waals surface area contributed by atoms with Crippen LogP contribution in [0.25, 0.3) is 0 Å². The van der Waals surface area contributed by atoms with Crippen LogP contribution in [0.2, 0.25) is 0 Å². The molecule has 0 fully saturated rings. The zero-order chi connectivity index (χ0) is 14.6. The summed E-state index contributed by atoms with van der Waals surface area (Å²) in [5, 5.41) is 0. The van der Waals surface area contributed by atoms with Crippen LogP contribution < -0.4 is 10.5 Å². The minimum atomic E-state index is -3.56. The second-order valence-electron chi connectivity index (χ2n) is 4.19. The van der Waals surface area contributed by atoms with Crippen molar-refractivity contribution in [1.82, 2.24) is 0 Å². The van der Waals surface area contributed by atoms with Gasteiger partial charge in [0.15, 0.2) is 0 Å². The molecule has 0 amide bonds. The minimum absolute atomic E-state index is 0.226. The Morgan fingerprint density at radius 2 is 1.85 bits per heavy atom. The second kappa shape index (κ2) is 6.30. The van der Waals surface area contributed by atoms with E-state index in [1.807, 2.05) is 18.4 Å². The molecule has 6 heteroatoms. The summed E-state index contributed by atoms with van der Waals surface area (Å²) in [6, 6.07) is 13.8. The van der Waals surface area contributed by atoms with Crippen LogP contribution in [0.4, 0.5) is 5.69 Å². The Morgan fingerprint density at radius 3 is 2.45 bits per heavy atom. The Bertz CT molecular complexity index is 683. The van der Waals surface area contributed by atoms with Gasteiger partial charge >= 0.3 is 0 Å². The van der Waals surface area contributed by atoms with Gasteiger partial charge in [0.2, 0.25) is 0 Å². The number of hydrogen-bond acceptors (Lipinski definition) is 4. The van der Waals surface area contributed by atoms with E-state index in [1.165, 1.54) is 0 Å². The molecule has 0 radical (unpaired) electrons. The number of nitrogens with one attached hydrogen (secondary N) is 1. The van der Waals surface area contributed by atoms with Crippen molar-refractivity contribution in [1.29, 1.82) is 0 Å². The maximum absolute atomic E-state index is 12.3. The maximum Gasteiger partial charge on any atom is 0.261 e. The summed E-state index contributed by atoms with van der Waals surface area (Å²) < 4.78 is 27.1. The molecular formula is C14H16N2O2S2. The highest BCUT2D eigenvalue weighted by Crippen LogP contribution is 2.21. The van der Waals surface area contributed by atoms with Gasteiger partial charge in [-0.1, -0.05) is 18.2 Å². The van der Waals surface area contributed by atoms with E-state index in [-0.39, 0.29) is 4.90 Å². The smallest absolute Gasteiger partial charge is 0.261 e. The predicted molar refractivity (Wildman–Crippen MR) is 83.4 cm³/mol. The Morgan fingerprint density at radius 1 is 1.15 bits per heavy atom. The topological polar surface area (TPSA) is 72.2 Å². The Labute approximate surface area is 123 Å². The molecule has 0 aliphatic carbocycles. The quantitative estimate of drug-likeness (QED) is 0.833. The third-order valence-electron chi connectivity index (χ3n) is 2.79. The molecule has 0 aliphatic rings. The highest BCUT2D eigenvalue weighted by molar-refractivity contribution is 7.98. The molecule has 0 aliphatic heterocycles. The molecule has 0 spiro atoms. The van der Waals surface area contributed by atoms with Gasteiger partial charge in [-0.05, 0) is 42.2 Å². The van der Waals surface area contributed by atoms with Gasteiger partial charge in [-0.2, -0.15) is 0 Å². The molecule has 20 heavy (non-hydrogen) atoms. The van der Waals surface area contributed by atoms with Crippen molar-refractivity contribution in [2.75, 3.05) is 11.0 Å². The molecular weight excluding hydrogens is 292 g/mol. The Kier molecular flexibility index (Phi) is 4.69. The third kappa shape index (κ3) is 3.53. The van der Waals surface area contributed by atoms with Crippen molar-refractivity contribution in [3.63, 3.8) is 0 Å². The summed E-state index contributed by atoms with van der Waals surface area (Å²) in [4.78, 5) is 1.23. The van der Waals surface area contributed by atoms with Crippen molar-refractivity contribution in [2.45, 2.75) is 16.3 Å². The van der Waals surface area contributed by atoms with Crippen LogP contribution in [0.3, 0.4) is 0 Å². The van der Waals surface area contributed by atoms with E-state index in [4.69, 9.17) is 5.73 Å². The second-order valence-corrected chi connectivity index (χ2v) is 6.75. The molecule has 0 atom stereocenters. The first-order valence-electron chi connectivity index (χ1n) is 6.01. The molecule has 2 aromatic carbocycles. The number of anilines is 1. The van der Waals surface area contributed by atoms with Crippen LogP contribution in [0.1, 0.15) is 5.56 Å².